The van der Waals surface area contributed by atoms with Gasteiger partial charge in [-0.2, -0.15) is 0 Å². The van der Waals surface area contributed by atoms with Crippen molar-refractivity contribution in [3.63, 3.8) is 0 Å². The maximum Gasteiger partial charge on any atom is 0.233 e. The van der Waals surface area contributed by atoms with Gasteiger partial charge in [0, 0.05) is 17.4 Å². The van der Waals surface area contributed by atoms with Crippen LogP contribution < -0.4 is 4.90 Å². The molecule has 0 saturated heterocycles. The Hall–Kier alpha value is -2.83. The molecule has 0 N–H and O–H groups in total. The van der Waals surface area contributed by atoms with E-state index < -0.39 is 0 Å². The number of pyridine rings is 1. The molecular formula is C21H15ClFN3OS. The lowest BCUT2D eigenvalue weighted by atomic mass is 10.1. The summed E-state index contributed by atoms with van der Waals surface area (Å²) in [6.45, 7) is 0.371. The van der Waals surface area contributed by atoms with Crippen molar-refractivity contribution < 1.29 is 9.18 Å². The van der Waals surface area contributed by atoms with E-state index in [-0.39, 0.29) is 18.1 Å². The Morgan fingerprint density at radius 1 is 1.04 bits per heavy atom. The quantitative estimate of drug-likeness (QED) is 0.450. The Kier molecular flexibility index (Phi) is 5.32. The zero-order chi connectivity index (χ0) is 19.5. The smallest absolute Gasteiger partial charge is 0.233 e. The van der Waals surface area contributed by atoms with Crippen molar-refractivity contribution in [3.05, 3.63) is 89.0 Å². The zero-order valence-corrected chi connectivity index (χ0v) is 16.3. The second-order valence-electron chi connectivity index (χ2n) is 6.25. The number of carbonyl (C=O) groups excluding carboxylic acids is 1. The monoisotopic (exact) mass is 411 g/mol. The van der Waals surface area contributed by atoms with Gasteiger partial charge in [-0.05, 0) is 53.6 Å². The molecule has 0 aliphatic rings. The summed E-state index contributed by atoms with van der Waals surface area (Å²) in [4.78, 5) is 23.4. The average Bonchev–Trinajstić information content (AvgIpc) is 3.11. The van der Waals surface area contributed by atoms with E-state index in [1.807, 2.05) is 24.3 Å². The van der Waals surface area contributed by atoms with Gasteiger partial charge in [-0.25, -0.2) is 9.37 Å². The van der Waals surface area contributed by atoms with E-state index in [1.54, 1.807) is 35.5 Å². The SMILES string of the molecule is O=C(Cc1ccc(F)cc1)N(Cc1ccncc1)c1nc2ccc(Cl)cc2s1. The van der Waals surface area contributed by atoms with Crippen molar-refractivity contribution in [3.8, 4) is 0 Å². The van der Waals surface area contributed by atoms with Gasteiger partial charge in [-0.15, -0.1) is 0 Å². The molecule has 4 aromatic rings. The minimum absolute atomic E-state index is 0.117. The molecule has 2 aromatic carbocycles. The van der Waals surface area contributed by atoms with E-state index in [2.05, 4.69) is 9.97 Å². The highest BCUT2D eigenvalue weighted by molar-refractivity contribution is 7.22. The van der Waals surface area contributed by atoms with E-state index in [9.17, 15) is 9.18 Å². The summed E-state index contributed by atoms with van der Waals surface area (Å²) in [5.74, 6) is -0.443. The van der Waals surface area contributed by atoms with Crippen LogP contribution in [0.2, 0.25) is 5.02 Å². The number of aromatic nitrogens is 2. The molecule has 0 atom stereocenters. The van der Waals surface area contributed by atoms with Crippen LogP contribution in [0.25, 0.3) is 10.2 Å². The van der Waals surface area contributed by atoms with Crippen LogP contribution in [0, 0.1) is 5.82 Å². The van der Waals surface area contributed by atoms with E-state index in [4.69, 9.17) is 11.6 Å². The summed E-state index contributed by atoms with van der Waals surface area (Å²) in [7, 11) is 0. The highest BCUT2D eigenvalue weighted by atomic mass is 35.5. The topological polar surface area (TPSA) is 46.1 Å². The van der Waals surface area contributed by atoms with E-state index in [1.165, 1.54) is 23.5 Å². The normalized spacial score (nSPS) is 10.9. The van der Waals surface area contributed by atoms with Crippen LogP contribution in [0.4, 0.5) is 9.52 Å². The molecule has 4 rings (SSSR count). The Bertz CT molecular complexity index is 1120. The van der Waals surface area contributed by atoms with Crippen LogP contribution in [0.5, 0.6) is 0 Å². The minimum atomic E-state index is -0.326. The lowest BCUT2D eigenvalue weighted by molar-refractivity contribution is -0.118. The van der Waals surface area contributed by atoms with Crippen molar-refractivity contribution in [2.75, 3.05) is 4.90 Å². The molecule has 0 fully saturated rings. The zero-order valence-electron chi connectivity index (χ0n) is 14.7. The molecule has 4 nitrogen and oxygen atoms in total. The van der Waals surface area contributed by atoms with E-state index in [0.29, 0.717) is 16.7 Å². The first-order valence-corrected chi connectivity index (χ1v) is 9.78. The summed E-state index contributed by atoms with van der Waals surface area (Å²) in [5.41, 5.74) is 2.48. The number of halogens is 2. The van der Waals surface area contributed by atoms with Crippen molar-refractivity contribution in [2.24, 2.45) is 0 Å². The van der Waals surface area contributed by atoms with Crippen LogP contribution in [0.3, 0.4) is 0 Å². The standard InChI is InChI=1S/C21H15ClFN3OS/c22-16-3-6-18-19(12-16)28-21(25-18)26(13-15-7-9-24-10-8-15)20(27)11-14-1-4-17(23)5-2-14/h1-10,12H,11,13H2. The number of hydrogen-bond acceptors (Lipinski definition) is 4. The van der Waals surface area contributed by atoms with E-state index >= 15 is 0 Å². The maximum atomic E-state index is 13.2. The Morgan fingerprint density at radius 3 is 2.54 bits per heavy atom. The highest BCUT2D eigenvalue weighted by Gasteiger charge is 2.20. The molecule has 0 radical (unpaired) electrons. The van der Waals surface area contributed by atoms with Crippen LogP contribution >= 0.6 is 22.9 Å². The number of benzene rings is 2. The third kappa shape index (κ3) is 4.18. The summed E-state index contributed by atoms with van der Waals surface area (Å²) in [5, 5.41) is 1.22. The number of amides is 1. The first-order chi connectivity index (χ1) is 13.6. The van der Waals surface area contributed by atoms with Crippen molar-refractivity contribution in [2.45, 2.75) is 13.0 Å². The number of hydrogen-bond donors (Lipinski definition) is 0. The van der Waals surface area contributed by atoms with E-state index in [0.717, 1.165) is 21.3 Å². The lowest BCUT2D eigenvalue weighted by Crippen LogP contribution is -2.31. The largest absolute Gasteiger partial charge is 0.283 e. The number of rotatable bonds is 5. The summed E-state index contributed by atoms with van der Waals surface area (Å²) in [6, 6.07) is 15.1. The number of anilines is 1. The molecule has 0 aliphatic heterocycles. The van der Waals surface area contributed by atoms with Crippen LogP contribution in [0.1, 0.15) is 11.1 Å². The van der Waals surface area contributed by atoms with Crippen molar-refractivity contribution in [1.29, 1.82) is 0 Å². The van der Waals surface area contributed by atoms with Gasteiger partial charge in [0.1, 0.15) is 5.82 Å². The molecule has 0 bridgehead atoms. The molecule has 0 spiro atoms. The predicted octanol–water partition coefficient (Wildman–Crippen LogP) is 5.26. The number of thiazole rings is 1. The van der Waals surface area contributed by atoms with Gasteiger partial charge < -0.3 is 0 Å². The summed E-state index contributed by atoms with van der Waals surface area (Å²) < 4.78 is 14.1. The molecule has 0 saturated carbocycles. The Morgan fingerprint density at radius 2 is 1.79 bits per heavy atom. The van der Waals surface area contributed by atoms with Gasteiger partial charge in [-0.1, -0.05) is 35.1 Å². The molecule has 0 unspecified atom stereocenters. The van der Waals surface area contributed by atoms with Crippen LogP contribution in [-0.4, -0.2) is 15.9 Å². The van der Waals surface area contributed by atoms with Crippen molar-refractivity contribution in [1.82, 2.24) is 9.97 Å². The van der Waals surface area contributed by atoms with Crippen LogP contribution in [0.15, 0.2) is 67.0 Å². The van der Waals surface area contributed by atoms with Gasteiger partial charge in [0.25, 0.3) is 0 Å². The van der Waals surface area contributed by atoms with Gasteiger partial charge in [0.15, 0.2) is 5.13 Å². The fourth-order valence-electron chi connectivity index (χ4n) is 2.81. The van der Waals surface area contributed by atoms with Gasteiger partial charge in [-0.3, -0.25) is 14.7 Å². The summed E-state index contributed by atoms with van der Waals surface area (Å²) >= 11 is 7.49. The first-order valence-electron chi connectivity index (χ1n) is 8.58. The minimum Gasteiger partial charge on any atom is -0.283 e. The Balaban J connectivity index is 1.67. The van der Waals surface area contributed by atoms with Crippen LogP contribution in [-0.2, 0) is 17.8 Å². The fourth-order valence-corrected chi connectivity index (χ4v) is 4.07. The molecule has 140 valence electrons. The highest BCUT2D eigenvalue weighted by Crippen LogP contribution is 2.32. The third-order valence-electron chi connectivity index (χ3n) is 4.23. The molecule has 0 aliphatic carbocycles. The molecule has 1 amide bonds. The first kappa shape index (κ1) is 18.5. The fraction of sp³-hybridized carbons (Fsp3) is 0.0952. The average molecular weight is 412 g/mol. The third-order valence-corrected chi connectivity index (χ3v) is 5.51. The lowest BCUT2D eigenvalue weighted by Gasteiger charge is -2.20. The molecular weight excluding hydrogens is 397 g/mol. The molecule has 7 heteroatoms. The van der Waals surface area contributed by atoms with Gasteiger partial charge in [0.2, 0.25) is 5.91 Å². The number of fused-ring (bicyclic) bond motifs is 1. The van der Waals surface area contributed by atoms with Gasteiger partial charge in [0.05, 0.1) is 23.2 Å². The van der Waals surface area contributed by atoms with Crippen molar-refractivity contribution >= 4 is 44.2 Å². The maximum absolute atomic E-state index is 13.2. The molecule has 2 heterocycles. The predicted molar refractivity (Wildman–Crippen MR) is 110 cm³/mol. The second-order valence-corrected chi connectivity index (χ2v) is 7.69. The number of carbonyl (C=O) groups is 1. The second kappa shape index (κ2) is 8.04. The molecule has 2 aromatic heterocycles. The summed E-state index contributed by atoms with van der Waals surface area (Å²) in [6.07, 6.45) is 3.54. The Labute approximate surface area is 170 Å². The number of nitrogens with zero attached hydrogens (tertiary/aromatic N) is 3. The van der Waals surface area contributed by atoms with Gasteiger partial charge >= 0.3 is 0 Å². The molecule has 28 heavy (non-hydrogen) atoms.